The number of rotatable bonds is 10. The first kappa shape index (κ1) is 21.1. The number of H-pyrrole nitrogens is 2. The number of amides is 3. The van der Waals surface area contributed by atoms with Crippen LogP contribution in [-0.4, -0.2) is 55.8 Å². The molecule has 3 amide bonds. The first-order valence-electron chi connectivity index (χ1n) is 8.88. The first-order chi connectivity index (χ1) is 13.3. The second kappa shape index (κ2) is 9.65. The van der Waals surface area contributed by atoms with Crippen molar-refractivity contribution >= 4 is 17.7 Å². The third-order valence-electron chi connectivity index (χ3n) is 4.27. The van der Waals surface area contributed by atoms with Crippen molar-refractivity contribution in [3.8, 4) is 0 Å². The standard InChI is InChI=1S/C17H26N8O3/c1-9(2)14(18)17(28)25-13(4-11-6-21-8-23-11)16(27)24-12(15(19)26)3-10-5-20-7-22-10/h5-9,12-14H,3-4,18H2,1-2H3,(H2,19,26)(H,20,22)(H,21,23)(H,24,27)(H,25,28)/t12-,13-,14-/m0/s1. The van der Waals surface area contributed by atoms with Gasteiger partial charge in [0.25, 0.3) is 0 Å². The number of hydrogen-bond donors (Lipinski definition) is 6. The molecule has 0 spiro atoms. The maximum absolute atomic E-state index is 12.8. The van der Waals surface area contributed by atoms with Crippen molar-refractivity contribution in [1.82, 2.24) is 30.6 Å². The van der Waals surface area contributed by atoms with Crippen LogP contribution >= 0.6 is 0 Å². The Hall–Kier alpha value is -3.21. The Kier molecular flexibility index (Phi) is 7.27. The van der Waals surface area contributed by atoms with E-state index >= 15 is 0 Å². The molecule has 3 atom stereocenters. The normalized spacial score (nSPS) is 14.3. The minimum atomic E-state index is -0.965. The number of carbonyl (C=O) groups excluding carboxylic acids is 3. The zero-order chi connectivity index (χ0) is 20.7. The minimum Gasteiger partial charge on any atom is -0.368 e. The second-order valence-corrected chi connectivity index (χ2v) is 6.86. The molecule has 11 heteroatoms. The van der Waals surface area contributed by atoms with E-state index < -0.39 is 35.8 Å². The van der Waals surface area contributed by atoms with Gasteiger partial charge in [0.05, 0.1) is 18.7 Å². The quantitative estimate of drug-likeness (QED) is 0.282. The number of nitrogens with one attached hydrogen (secondary N) is 4. The van der Waals surface area contributed by atoms with Crippen molar-refractivity contribution in [2.75, 3.05) is 0 Å². The lowest BCUT2D eigenvalue weighted by Crippen LogP contribution is -2.57. The predicted octanol–water partition coefficient (Wildman–Crippen LogP) is -1.64. The summed E-state index contributed by atoms with van der Waals surface area (Å²) in [5, 5.41) is 5.23. The number of primary amides is 1. The lowest BCUT2D eigenvalue weighted by atomic mass is 10.0. The van der Waals surface area contributed by atoms with Crippen LogP contribution in [0.1, 0.15) is 25.2 Å². The van der Waals surface area contributed by atoms with Crippen LogP contribution in [0.5, 0.6) is 0 Å². The molecule has 28 heavy (non-hydrogen) atoms. The van der Waals surface area contributed by atoms with E-state index in [1.54, 1.807) is 6.20 Å². The zero-order valence-electron chi connectivity index (χ0n) is 15.8. The van der Waals surface area contributed by atoms with Gasteiger partial charge in [0.1, 0.15) is 12.1 Å². The van der Waals surface area contributed by atoms with E-state index in [0.717, 1.165) is 0 Å². The van der Waals surface area contributed by atoms with Crippen LogP contribution in [0.15, 0.2) is 25.0 Å². The van der Waals surface area contributed by atoms with Gasteiger partial charge in [-0.25, -0.2) is 9.97 Å². The van der Waals surface area contributed by atoms with Crippen LogP contribution in [0.4, 0.5) is 0 Å². The summed E-state index contributed by atoms with van der Waals surface area (Å²) < 4.78 is 0. The molecule has 0 aliphatic heterocycles. The van der Waals surface area contributed by atoms with Crippen LogP contribution in [0.3, 0.4) is 0 Å². The highest BCUT2D eigenvalue weighted by Gasteiger charge is 2.29. The Morgan fingerprint density at radius 1 is 0.964 bits per heavy atom. The summed E-state index contributed by atoms with van der Waals surface area (Å²) in [4.78, 5) is 50.4. The average molecular weight is 390 g/mol. The van der Waals surface area contributed by atoms with Gasteiger partial charge < -0.3 is 32.1 Å². The number of hydrogen-bond acceptors (Lipinski definition) is 6. The van der Waals surface area contributed by atoms with Gasteiger partial charge in [-0.3, -0.25) is 14.4 Å². The average Bonchev–Trinajstić information content (AvgIpc) is 3.33. The molecule has 8 N–H and O–H groups in total. The molecule has 0 fully saturated rings. The van der Waals surface area contributed by atoms with Crippen molar-refractivity contribution in [3.05, 3.63) is 36.4 Å². The number of nitrogens with zero attached hydrogens (tertiary/aromatic N) is 2. The summed E-state index contributed by atoms with van der Waals surface area (Å²) in [5.74, 6) is -1.82. The largest absolute Gasteiger partial charge is 0.368 e. The maximum Gasteiger partial charge on any atom is 0.243 e. The van der Waals surface area contributed by atoms with Crippen LogP contribution in [-0.2, 0) is 27.2 Å². The molecular formula is C17H26N8O3. The Labute approximate surface area is 162 Å². The molecule has 0 saturated heterocycles. The number of aromatic amines is 2. The van der Waals surface area contributed by atoms with E-state index in [2.05, 4.69) is 30.6 Å². The number of aromatic nitrogens is 4. The zero-order valence-corrected chi connectivity index (χ0v) is 15.8. The van der Waals surface area contributed by atoms with E-state index in [4.69, 9.17) is 11.5 Å². The highest BCUT2D eigenvalue weighted by Crippen LogP contribution is 2.05. The molecule has 152 valence electrons. The van der Waals surface area contributed by atoms with E-state index in [1.807, 2.05) is 13.8 Å². The molecule has 0 aliphatic rings. The van der Waals surface area contributed by atoms with Gasteiger partial charge in [0.2, 0.25) is 17.7 Å². The van der Waals surface area contributed by atoms with Crippen LogP contribution in [0.2, 0.25) is 0 Å². The van der Waals surface area contributed by atoms with Crippen molar-refractivity contribution in [1.29, 1.82) is 0 Å². The molecule has 0 aliphatic carbocycles. The summed E-state index contributed by atoms with van der Waals surface area (Å²) in [6.45, 7) is 3.61. The highest BCUT2D eigenvalue weighted by molar-refractivity contribution is 5.92. The molecule has 0 aromatic carbocycles. The summed E-state index contributed by atoms with van der Waals surface area (Å²) in [6.07, 6.45) is 6.31. The second-order valence-electron chi connectivity index (χ2n) is 6.86. The van der Waals surface area contributed by atoms with Crippen molar-refractivity contribution in [3.63, 3.8) is 0 Å². The molecule has 0 unspecified atom stereocenters. The molecule has 2 aromatic rings. The molecule has 0 radical (unpaired) electrons. The smallest absolute Gasteiger partial charge is 0.243 e. The highest BCUT2D eigenvalue weighted by atomic mass is 16.2. The maximum atomic E-state index is 12.8. The van der Waals surface area contributed by atoms with Crippen LogP contribution in [0, 0.1) is 5.92 Å². The number of carbonyl (C=O) groups is 3. The lowest BCUT2D eigenvalue weighted by molar-refractivity contribution is -0.132. The Morgan fingerprint density at radius 2 is 1.46 bits per heavy atom. The van der Waals surface area contributed by atoms with Gasteiger partial charge in [-0.1, -0.05) is 13.8 Å². The fourth-order valence-electron chi connectivity index (χ4n) is 2.51. The Bertz CT molecular complexity index is 772. The Balaban J connectivity index is 2.11. The van der Waals surface area contributed by atoms with Gasteiger partial charge >= 0.3 is 0 Å². The van der Waals surface area contributed by atoms with Gasteiger partial charge in [0.15, 0.2) is 0 Å². The first-order valence-corrected chi connectivity index (χ1v) is 8.88. The van der Waals surface area contributed by atoms with E-state index in [-0.39, 0.29) is 18.8 Å². The lowest BCUT2D eigenvalue weighted by Gasteiger charge is -2.23. The monoisotopic (exact) mass is 390 g/mol. The molecule has 0 bridgehead atoms. The van der Waals surface area contributed by atoms with Gasteiger partial charge in [-0.05, 0) is 5.92 Å². The summed E-state index contributed by atoms with van der Waals surface area (Å²) >= 11 is 0. The number of imidazole rings is 2. The van der Waals surface area contributed by atoms with Crippen LogP contribution < -0.4 is 22.1 Å². The van der Waals surface area contributed by atoms with Crippen molar-refractivity contribution in [2.45, 2.75) is 44.8 Å². The molecular weight excluding hydrogens is 364 g/mol. The third kappa shape index (κ3) is 5.91. The number of nitrogens with two attached hydrogens (primary N) is 2. The Morgan fingerprint density at radius 3 is 1.89 bits per heavy atom. The van der Waals surface area contributed by atoms with E-state index in [1.165, 1.54) is 18.9 Å². The topological polar surface area (TPSA) is 185 Å². The molecule has 2 aromatic heterocycles. The van der Waals surface area contributed by atoms with Crippen LogP contribution in [0.25, 0.3) is 0 Å². The fourth-order valence-corrected chi connectivity index (χ4v) is 2.51. The van der Waals surface area contributed by atoms with Crippen molar-refractivity contribution in [2.24, 2.45) is 17.4 Å². The summed E-state index contributed by atoms with van der Waals surface area (Å²) in [5.41, 5.74) is 12.6. The van der Waals surface area contributed by atoms with Gasteiger partial charge in [-0.15, -0.1) is 0 Å². The predicted molar refractivity (Wildman–Crippen MR) is 100 cm³/mol. The van der Waals surface area contributed by atoms with Gasteiger partial charge in [0, 0.05) is 36.6 Å². The van der Waals surface area contributed by atoms with E-state index in [0.29, 0.717) is 11.4 Å². The minimum absolute atomic E-state index is 0.102. The third-order valence-corrected chi connectivity index (χ3v) is 4.27. The van der Waals surface area contributed by atoms with Crippen molar-refractivity contribution < 1.29 is 14.4 Å². The molecule has 0 saturated carbocycles. The molecule has 2 heterocycles. The summed E-state index contributed by atoms with van der Waals surface area (Å²) in [7, 11) is 0. The van der Waals surface area contributed by atoms with Gasteiger partial charge in [-0.2, -0.15) is 0 Å². The summed E-state index contributed by atoms with van der Waals surface area (Å²) in [6, 6.07) is -2.69. The molecule has 11 nitrogen and oxygen atoms in total. The fraction of sp³-hybridized carbons (Fsp3) is 0.471. The van der Waals surface area contributed by atoms with E-state index in [9.17, 15) is 14.4 Å². The molecule has 2 rings (SSSR count). The SMILES string of the molecule is CC(C)[C@H](N)C(=O)N[C@@H](Cc1cnc[nH]1)C(=O)N[C@@H](Cc1cnc[nH]1)C(N)=O.